The van der Waals surface area contributed by atoms with E-state index < -0.39 is 23.6 Å². The largest absolute Gasteiger partial charge is 0.481 e. The average Bonchev–Trinajstić information content (AvgIpc) is 2.79. The number of carboxylic acids is 1. The van der Waals surface area contributed by atoms with E-state index in [2.05, 4.69) is 10.3 Å². The zero-order valence-corrected chi connectivity index (χ0v) is 13.2. The molecule has 10 heteroatoms. The summed E-state index contributed by atoms with van der Waals surface area (Å²) in [4.78, 5) is 26.7. The highest BCUT2D eigenvalue weighted by atomic mass is 35.5. The number of aliphatic carboxylic acids is 1. The summed E-state index contributed by atoms with van der Waals surface area (Å²) >= 11 is 5.84. The van der Waals surface area contributed by atoms with Crippen molar-refractivity contribution in [2.24, 2.45) is 0 Å². The van der Waals surface area contributed by atoms with Crippen LogP contribution in [0.4, 0.5) is 13.2 Å². The SMILES string of the molecule is Cc1nc2c(Cl)cc(C(F)(F)F)cn2c1C(=O)NCCCC(=O)O. The van der Waals surface area contributed by atoms with E-state index in [0.717, 1.165) is 16.7 Å². The summed E-state index contributed by atoms with van der Waals surface area (Å²) < 4.78 is 39.7. The lowest BCUT2D eigenvalue weighted by molar-refractivity contribution is -0.138. The number of nitrogens with zero attached hydrogens (tertiary/aromatic N) is 2. The van der Waals surface area contributed by atoms with Gasteiger partial charge in [-0.25, -0.2) is 4.98 Å². The number of carbonyl (C=O) groups excluding carboxylic acids is 1. The Labute approximate surface area is 139 Å². The van der Waals surface area contributed by atoms with Gasteiger partial charge in [-0.2, -0.15) is 13.2 Å². The molecular formula is C14H13ClF3N3O3. The van der Waals surface area contributed by atoms with Crippen LogP contribution in [0.15, 0.2) is 12.3 Å². The van der Waals surface area contributed by atoms with E-state index in [4.69, 9.17) is 16.7 Å². The van der Waals surface area contributed by atoms with Crippen LogP contribution in [0.1, 0.15) is 34.6 Å². The van der Waals surface area contributed by atoms with Crippen LogP contribution >= 0.6 is 11.6 Å². The molecule has 130 valence electrons. The number of nitrogens with one attached hydrogen (secondary N) is 1. The summed E-state index contributed by atoms with van der Waals surface area (Å²) in [6.45, 7) is 1.55. The Balaban J connectivity index is 2.35. The number of pyridine rings is 1. The molecule has 0 aromatic carbocycles. The molecule has 0 fully saturated rings. The zero-order chi connectivity index (χ0) is 18.1. The second-order valence-corrected chi connectivity index (χ2v) is 5.47. The molecule has 0 aliphatic rings. The van der Waals surface area contributed by atoms with Crippen molar-refractivity contribution in [2.45, 2.75) is 25.9 Å². The van der Waals surface area contributed by atoms with E-state index in [-0.39, 0.29) is 41.4 Å². The number of hydrogen-bond acceptors (Lipinski definition) is 3. The van der Waals surface area contributed by atoms with Gasteiger partial charge in [0.05, 0.1) is 16.3 Å². The van der Waals surface area contributed by atoms with Crippen molar-refractivity contribution in [1.29, 1.82) is 0 Å². The molecule has 2 aromatic rings. The summed E-state index contributed by atoms with van der Waals surface area (Å²) in [5.41, 5.74) is -0.824. The number of imidazole rings is 1. The van der Waals surface area contributed by atoms with E-state index in [1.165, 1.54) is 6.92 Å². The van der Waals surface area contributed by atoms with Gasteiger partial charge in [0.25, 0.3) is 5.91 Å². The molecule has 0 atom stereocenters. The van der Waals surface area contributed by atoms with Crippen molar-refractivity contribution in [3.8, 4) is 0 Å². The molecule has 0 unspecified atom stereocenters. The normalized spacial score (nSPS) is 11.7. The molecule has 0 aliphatic carbocycles. The third-order valence-electron chi connectivity index (χ3n) is 3.24. The topological polar surface area (TPSA) is 83.7 Å². The smallest absolute Gasteiger partial charge is 0.417 e. The standard InChI is InChI=1S/C14H13ClF3N3O3/c1-7-11(13(24)19-4-2-3-10(22)23)21-6-8(14(16,17)18)5-9(15)12(21)20-7/h5-6H,2-4H2,1H3,(H,19,24)(H,22,23). The Morgan fingerprint density at radius 3 is 2.67 bits per heavy atom. The number of carboxylic acid groups (broad SMARTS) is 1. The second-order valence-electron chi connectivity index (χ2n) is 5.07. The van der Waals surface area contributed by atoms with Gasteiger partial charge in [0.15, 0.2) is 5.65 Å². The van der Waals surface area contributed by atoms with Gasteiger partial charge in [-0.1, -0.05) is 11.6 Å². The first kappa shape index (κ1) is 18.1. The van der Waals surface area contributed by atoms with Crippen molar-refractivity contribution in [3.05, 3.63) is 34.2 Å². The molecule has 2 N–H and O–H groups in total. The number of aryl methyl sites for hydroxylation is 1. The minimum Gasteiger partial charge on any atom is -0.481 e. The molecular weight excluding hydrogens is 351 g/mol. The van der Waals surface area contributed by atoms with Crippen LogP contribution in [-0.2, 0) is 11.0 Å². The maximum atomic E-state index is 12.9. The molecule has 2 rings (SSSR count). The lowest BCUT2D eigenvalue weighted by Gasteiger charge is -2.10. The fourth-order valence-electron chi connectivity index (χ4n) is 2.17. The van der Waals surface area contributed by atoms with Gasteiger partial charge in [0.1, 0.15) is 5.69 Å². The highest BCUT2D eigenvalue weighted by Crippen LogP contribution is 2.33. The van der Waals surface area contributed by atoms with Gasteiger partial charge in [0, 0.05) is 19.2 Å². The van der Waals surface area contributed by atoms with Crippen LogP contribution < -0.4 is 5.32 Å². The molecule has 0 saturated heterocycles. The van der Waals surface area contributed by atoms with Crippen LogP contribution in [0.25, 0.3) is 5.65 Å². The number of halogens is 4. The van der Waals surface area contributed by atoms with Crippen LogP contribution in [0.2, 0.25) is 5.02 Å². The molecule has 1 amide bonds. The zero-order valence-electron chi connectivity index (χ0n) is 12.4. The number of fused-ring (bicyclic) bond motifs is 1. The first-order chi connectivity index (χ1) is 11.1. The van der Waals surface area contributed by atoms with Gasteiger partial charge in [-0.05, 0) is 19.4 Å². The third kappa shape index (κ3) is 3.78. The first-order valence-electron chi connectivity index (χ1n) is 6.86. The quantitative estimate of drug-likeness (QED) is 0.800. The van der Waals surface area contributed by atoms with Gasteiger partial charge in [-0.3, -0.25) is 14.0 Å². The van der Waals surface area contributed by atoms with Gasteiger partial charge in [-0.15, -0.1) is 0 Å². The Bertz CT molecular complexity index is 802. The van der Waals surface area contributed by atoms with Crippen molar-refractivity contribution in [3.63, 3.8) is 0 Å². The highest BCUT2D eigenvalue weighted by Gasteiger charge is 2.32. The van der Waals surface area contributed by atoms with E-state index in [0.29, 0.717) is 0 Å². The van der Waals surface area contributed by atoms with Crippen molar-refractivity contribution in [1.82, 2.24) is 14.7 Å². The molecule has 0 saturated carbocycles. The monoisotopic (exact) mass is 363 g/mol. The Kier molecular flexibility index (Phi) is 5.02. The Morgan fingerprint density at radius 2 is 2.08 bits per heavy atom. The summed E-state index contributed by atoms with van der Waals surface area (Å²) in [7, 11) is 0. The van der Waals surface area contributed by atoms with E-state index in [9.17, 15) is 22.8 Å². The van der Waals surface area contributed by atoms with Crippen molar-refractivity contribution in [2.75, 3.05) is 6.54 Å². The molecule has 0 bridgehead atoms. The molecule has 6 nitrogen and oxygen atoms in total. The summed E-state index contributed by atoms with van der Waals surface area (Å²) in [5.74, 6) is -1.65. The third-order valence-corrected chi connectivity index (χ3v) is 3.52. The minimum atomic E-state index is -4.62. The van der Waals surface area contributed by atoms with Crippen LogP contribution in [-0.4, -0.2) is 32.9 Å². The lowest BCUT2D eigenvalue weighted by Crippen LogP contribution is -2.27. The maximum Gasteiger partial charge on any atom is 0.417 e. The fourth-order valence-corrected chi connectivity index (χ4v) is 2.42. The molecule has 2 heterocycles. The number of hydrogen-bond donors (Lipinski definition) is 2. The summed E-state index contributed by atoms with van der Waals surface area (Å²) in [5, 5.41) is 10.8. The first-order valence-corrected chi connectivity index (χ1v) is 7.24. The van der Waals surface area contributed by atoms with Crippen LogP contribution in [0.3, 0.4) is 0 Å². The predicted molar refractivity (Wildman–Crippen MR) is 79.1 cm³/mol. The molecule has 0 aliphatic heterocycles. The molecule has 2 aromatic heterocycles. The summed E-state index contributed by atoms with van der Waals surface area (Å²) in [6, 6.07) is 0.748. The number of amides is 1. The van der Waals surface area contributed by atoms with E-state index in [1.54, 1.807) is 0 Å². The van der Waals surface area contributed by atoms with Crippen LogP contribution in [0.5, 0.6) is 0 Å². The highest BCUT2D eigenvalue weighted by molar-refractivity contribution is 6.33. The number of carbonyl (C=O) groups is 2. The van der Waals surface area contributed by atoms with Gasteiger partial charge < -0.3 is 10.4 Å². The predicted octanol–water partition coefficient (Wildman–Crippen LogP) is 2.91. The number of aromatic nitrogens is 2. The Morgan fingerprint density at radius 1 is 1.42 bits per heavy atom. The molecule has 24 heavy (non-hydrogen) atoms. The van der Waals surface area contributed by atoms with Crippen molar-refractivity contribution < 1.29 is 27.9 Å². The number of rotatable bonds is 5. The van der Waals surface area contributed by atoms with Gasteiger partial charge in [0.2, 0.25) is 0 Å². The average molecular weight is 364 g/mol. The lowest BCUT2D eigenvalue weighted by atomic mass is 10.2. The minimum absolute atomic E-state index is 0.0397. The Hall–Kier alpha value is -2.29. The van der Waals surface area contributed by atoms with Crippen molar-refractivity contribution >= 4 is 29.1 Å². The molecule has 0 spiro atoms. The fraction of sp³-hybridized carbons (Fsp3) is 0.357. The van der Waals surface area contributed by atoms with E-state index in [1.807, 2.05) is 0 Å². The number of alkyl halides is 3. The van der Waals surface area contributed by atoms with Crippen LogP contribution in [0, 0.1) is 6.92 Å². The van der Waals surface area contributed by atoms with Gasteiger partial charge >= 0.3 is 12.1 Å². The maximum absolute atomic E-state index is 12.9. The molecule has 0 radical (unpaired) electrons. The van der Waals surface area contributed by atoms with E-state index >= 15 is 0 Å². The second kappa shape index (κ2) is 6.68. The summed E-state index contributed by atoms with van der Waals surface area (Å²) in [6.07, 6.45) is -3.79.